The molecule has 0 amide bonds. The van der Waals surface area contributed by atoms with Gasteiger partial charge in [-0.25, -0.2) is 0 Å². The first-order valence-corrected chi connectivity index (χ1v) is 6.08. The van der Waals surface area contributed by atoms with Crippen molar-refractivity contribution in [2.45, 2.75) is 37.7 Å². The molecule has 1 unspecified atom stereocenters. The highest BCUT2D eigenvalue weighted by molar-refractivity contribution is 7.82. The van der Waals surface area contributed by atoms with Crippen molar-refractivity contribution in [1.29, 1.82) is 0 Å². The van der Waals surface area contributed by atoms with Gasteiger partial charge in [-0.05, 0) is 13.8 Å². The van der Waals surface area contributed by atoms with Gasteiger partial charge in [0.1, 0.15) is 0 Å². The third-order valence-electron chi connectivity index (χ3n) is 1.50. The molecule has 0 aliphatic heterocycles. The lowest BCUT2D eigenvalue weighted by atomic mass is 10.2. The number of nitrogens with two attached hydrogens (primary N) is 1. The third kappa shape index (κ3) is 3.94. The lowest BCUT2D eigenvalue weighted by Gasteiger charge is -2.30. The lowest BCUT2D eigenvalue weighted by Crippen LogP contribution is -2.36. The summed E-state index contributed by atoms with van der Waals surface area (Å²) in [5, 5.41) is -1.03. The second kappa shape index (κ2) is 3.33. The van der Waals surface area contributed by atoms with E-state index in [1.165, 1.54) is 0 Å². The Morgan fingerprint density at radius 1 is 1.42 bits per heavy atom. The van der Waals surface area contributed by atoms with E-state index < -0.39 is 17.4 Å². The highest BCUT2D eigenvalue weighted by Gasteiger charge is 2.38. The summed E-state index contributed by atoms with van der Waals surface area (Å²) in [4.78, 5) is 9.57. The molecule has 0 fully saturated rings. The van der Waals surface area contributed by atoms with Crippen LogP contribution in [0.5, 0.6) is 0 Å². The van der Waals surface area contributed by atoms with E-state index in [9.17, 15) is 9.46 Å². The van der Waals surface area contributed by atoms with Crippen molar-refractivity contribution >= 4 is 20.0 Å². The third-order valence-corrected chi connectivity index (χ3v) is 4.93. The number of hydrogen-bond donors (Lipinski definition) is 3. The van der Waals surface area contributed by atoms with Crippen molar-refractivity contribution in [2.24, 2.45) is 5.73 Å². The van der Waals surface area contributed by atoms with Crippen LogP contribution in [0.2, 0.25) is 0 Å². The molecular weight excluding hydrogens is 193 g/mol. The van der Waals surface area contributed by atoms with Crippen LogP contribution in [0.1, 0.15) is 27.7 Å². The van der Waals surface area contributed by atoms with E-state index in [1.54, 1.807) is 27.7 Å². The van der Waals surface area contributed by atoms with Gasteiger partial charge in [0, 0.05) is 10.9 Å². The summed E-state index contributed by atoms with van der Waals surface area (Å²) in [6.45, 7) is 6.72. The average Bonchev–Trinajstić information content (AvgIpc) is 1.52. The average molecular weight is 211 g/mol. The van der Waals surface area contributed by atoms with Crippen LogP contribution in [0.25, 0.3) is 0 Å². The van der Waals surface area contributed by atoms with Gasteiger partial charge in [-0.2, -0.15) is 12.6 Å². The molecule has 0 aromatic carbocycles. The van der Waals surface area contributed by atoms with E-state index in [-0.39, 0.29) is 6.16 Å². The molecule has 0 radical (unpaired) electrons. The van der Waals surface area contributed by atoms with Gasteiger partial charge >= 0.3 is 0 Å². The molecule has 0 saturated heterocycles. The summed E-state index contributed by atoms with van der Waals surface area (Å²) in [7, 11) is -3.30. The van der Waals surface area contributed by atoms with Crippen LogP contribution >= 0.6 is 20.0 Å². The summed E-state index contributed by atoms with van der Waals surface area (Å²) >= 11 is 4.19. The van der Waals surface area contributed by atoms with Crippen LogP contribution in [0.3, 0.4) is 0 Å². The van der Waals surface area contributed by atoms with Crippen LogP contribution in [-0.2, 0) is 4.57 Å². The maximum Gasteiger partial charge on any atom is 0.220 e. The zero-order valence-electron chi connectivity index (χ0n) is 8.03. The summed E-state index contributed by atoms with van der Waals surface area (Å²) in [5.41, 5.74) is 5.57. The smallest absolute Gasteiger partial charge is 0.220 e. The van der Waals surface area contributed by atoms with Gasteiger partial charge in [-0.15, -0.1) is 0 Å². The van der Waals surface area contributed by atoms with Crippen LogP contribution in [0, 0.1) is 0 Å². The first kappa shape index (κ1) is 12.5. The zero-order chi connectivity index (χ0) is 10.2. The van der Waals surface area contributed by atoms with Crippen molar-refractivity contribution in [1.82, 2.24) is 0 Å². The normalized spacial score (nSPS) is 18.9. The maximum atomic E-state index is 11.6. The molecule has 74 valence electrons. The highest BCUT2D eigenvalue weighted by Crippen LogP contribution is 2.53. The topological polar surface area (TPSA) is 63.3 Å². The molecule has 0 aliphatic rings. The first-order valence-electron chi connectivity index (χ1n) is 3.79. The summed E-state index contributed by atoms with van der Waals surface area (Å²) in [6.07, 6.45) is 0.132. The Bertz CT molecular complexity index is 204. The van der Waals surface area contributed by atoms with Crippen LogP contribution in [-0.4, -0.2) is 21.1 Å². The second-order valence-corrected chi connectivity index (χ2v) is 8.41. The number of hydrogen-bond acceptors (Lipinski definition) is 3. The molecule has 3 nitrogen and oxygen atoms in total. The Labute approximate surface area is 79.6 Å². The lowest BCUT2D eigenvalue weighted by molar-refractivity contribution is 0.434. The second-order valence-electron chi connectivity index (χ2n) is 4.33. The van der Waals surface area contributed by atoms with Gasteiger partial charge in [-0.3, -0.25) is 4.57 Å². The fourth-order valence-corrected chi connectivity index (χ4v) is 2.76. The number of thiol groups is 1. The molecule has 0 saturated carbocycles. The fraction of sp³-hybridized carbons (Fsp3) is 1.00. The SMILES string of the molecule is CC(C)(S)CP(=O)(O)C(C)(C)N. The van der Waals surface area contributed by atoms with Gasteiger partial charge in [0.05, 0.1) is 5.28 Å². The summed E-state index contributed by atoms with van der Waals surface area (Å²) < 4.78 is 11.2. The predicted molar refractivity (Wildman–Crippen MR) is 56.0 cm³/mol. The van der Waals surface area contributed by atoms with Gasteiger partial charge in [-0.1, -0.05) is 13.8 Å². The quantitative estimate of drug-likeness (QED) is 0.491. The van der Waals surface area contributed by atoms with Gasteiger partial charge in [0.15, 0.2) is 0 Å². The Morgan fingerprint density at radius 2 is 1.75 bits per heavy atom. The van der Waals surface area contributed by atoms with Crippen LogP contribution in [0.15, 0.2) is 0 Å². The van der Waals surface area contributed by atoms with Crippen molar-refractivity contribution < 1.29 is 9.46 Å². The minimum absolute atomic E-state index is 0.132. The minimum atomic E-state index is -3.30. The van der Waals surface area contributed by atoms with Gasteiger partial charge < -0.3 is 10.6 Å². The zero-order valence-corrected chi connectivity index (χ0v) is 9.82. The number of rotatable bonds is 3. The van der Waals surface area contributed by atoms with E-state index >= 15 is 0 Å². The molecule has 5 heteroatoms. The van der Waals surface area contributed by atoms with E-state index in [0.29, 0.717) is 0 Å². The van der Waals surface area contributed by atoms with E-state index in [0.717, 1.165) is 0 Å². The maximum absolute atomic E-state index is 11.6. The standard InChI is InChI=1S/C7H18NO2PS/c1-6(2,12)5-11(9,10)7(3,4)8/h12H,5,8H2,1-4H3,(H,9,10). The molecular formula is C7H18NO2PS. The Balaban J connectivity index is 4.57. The Morgan fingerprint density at radius 3 is 1.83 bits per heavy atom. The molecule has 1 atom stereocenters. The molecule has 0 rings (SSSR count). The van der Waals surface area contributed by atoms with Crippen LogP contribution < -0.4 is 5.73 Å². The Kier molecular flexibility index (Phi) is 3.47. The van der Waals surface area contributed by atoms with E-state index in [4.69, 9.17) is 5.73 Å². The van der Waals surface area contributed by atoms with E-state index in [1.807, 2.05) is 0 Å². The summed E-state index contributed by atoms with van der Waals surface area (Å²) in [5.74, 6) is 0. The molecule has 12 heavy (non-hydrogen) atoms. The van der Waals surface area contributed by atoms with Crippen LogP contribution in [0.4, 0.5) is 0 Å². The fourth-order valence-electron chi connectivity index (χ4n) is 0.728. The molecule has 3 N–H and O–H groups in total. The van der Waals surface area contributed by atoms with Gasteiger partial charge in [0.25, 0.3) is 0 Å². The highest BCUT2D eigenvalue weighted by atomic mass is 32.1. The van der Waals surface area contributed by atoms with Crippen molar-refractivity contribution in [3.8, 4) is 0 Å². The predicted octanol–water partition coefficient (Wildman–Crippen LogP) is 1.66. The van der Waals surface area contributed by atoms with E-state index in [2.05, 4.69) is 12.6 Å². The van der Waals surface area contributed by atoms with Gasteiger partial charge in [0.2, 0.25) is 7.37 Å². The largest absolute Gasteiger partial charge is 0.343 e. The summed E-state index contributed by atoms with van der Waals surface area (Å²) in [6, 6.07) is 0. The molecule has 0 aromatic heterocycles. The Hall–Kier alpha value is 0.500. The molecule has 0 bridgehead atoms. The van der Waals surface area contributed by atoms with Crippen molar-refractivity contribution in [3.63, 3.8) is 0 Å². The molecule has 0 aromatic rings. The monoisotopic (exact) mass is 211 g/mol. The molecule has 0 spiro atoms. The molecule has 0 aliphatic carbocycles. The van der Waals surface area contributed by atoms with Crippen molar-refractivity contribution in [3.05, 3.63) is 0 Å². The first-order chi connectivity index (χ1) is 4.96. The van der Waals surface area contributed by atoms with Crippen molar-refractivity contribution in [2.75, 3.05) is 6.16 Å². The molecule has 0 heterocycles. The minimum Gasteiger partial charge on any atom is -0.343 e.